The van der Waals surface area contributed by atoms with Crippen LogP contribution in [0.3, 0.4) is 0 Å². The topological polar surface area (TPSA) is 57.7 Å². The van der Waals surface area contributed by atoms with Crippen LogP contribution in [0.15, 0.2) is 24.3 Å². The molecule has 0 saturated carbocycles. The lowest BCUT2D eigenvalue weighted by Gasteiger charge is -2.20. The minimum absolute atomic E-state index is 0.0435. The molecule has 0 atom stereocenters. The summed E-state index contributed by atoms with van der Waals surface area (Å²) in [7, 11) is 0. The van der Waals surface area contributed by atoms with Crippen molar-refractivity contribution in [2.24, 2.45) is 5.92 Å². The predicted octanol–water partition coefficient (Wildman–Crippen LogP) is 2.93. The van der Waals surface area contributed by atoms with E-state index in [1.54, 1.807) is 0 Å². The smallest absolute Gasteiger partial charge is 0.263 e. The number of carbonyl (C=O) groups is 3. The van der Waals surface area contributed by atoms with Crippen molar-refractivity contribution in [1.29, 1.82) is 0 Å². The third-order valence-electron chi connectivity index (χ3n) is 3.84. The number of imide groups is 2. The highest BCUT2D eigenvalue weighted by Gasteiger charge is 2.44. The maximum Gasteiger partial charge on any atom is 0.334 e. The van der Waals surface area contributed by atoms with Crippen LogP contribution in [0.4, 0.5) is 4.79 Å². The molecule has 5 nitrogen and oxygen atoms in total. The van der Waals surface area contributed by atoms with Gasteiger partial charge in [-0.25, -0.2) is 4.79 Å². The fourth-order valence-corrected chi connectivity index (χ4v) is 2.51. The van der Waals surface area contributed by atoms with Gasteiger partial charge < -0.3 is 0 Å². The van der Waals surface area contributed by atoms with E-state index in [0.717, 1.165) is 15.4 Å². The first-order valence-corrected chi connectivity index (χ1v) is 7.88. The average molecular weight is 316 g/mol. The highest BCUT2D eigenvalue weighted by molar-refractivity contribution is 6.44. The summed E-state index contributed by atoms with van der Waals surface area (Å²) >= 11 is 0. The normalized spacial score (nSPS) is 16.0. The third-order valence-corrected chi connectivity index (χ3v) is 3.84. The van der Waals surface area contributed by atoms with Gasteiger partial charge in [-0.05, 0) is 22.5 Å². The maximum absolute atomic E-state index is 12.3. The molecule has 1 aliphatic rings. The molecule has 1 aromatic carbocycles. The second kappa shape index (κ2) is 6.14. The Hall–Kier alpha value is -2.17. The minimum atomic E-state index is -0.740. The van der Waals surface area contributed by atoms with Crippen molar-refractivity contribution in [3.05, 3.63) is 35.4 Å². The quantitative estimate of drug-likeness (QED) is 0.634. The van der Waals surface area contributed by atoms with Gasteiger partial charge in [-0.2, -0.15) is 0 Å². The monoisotopic (exact) mass is 316 g/mol. The molecule has 2 rings (SSSR count). The van der Waals surface area contributed by atoms with Crippen LogP contribution in [0, 0.1) is 5.92 Å². The van der Waals surface area contributed by atoms with Crippen molar-refractivity contribution in [1.82, 2.24) is 9.80 Å². The Morgan fingerprint density at radius 3 is 1.91 bits per heavy atom. The summed E-state index contributed by atoms with van der Waals surface area (Å²) in [6, 6.07) is 7.27. The van der Waals surface area contributed by atoms with Gasteiger partial charge in [-0.3, -0.25) is 19.4 Å². The van der Waals surface area contributed by atoms with Gasteiger partial charge in [0.2, 0.25) is 0 Å². The summed E-state index contributed by atoms with van der Waals surface area (Å²) < 4.78 is 0. The number of amides is 4. The zero-order valence-corrected chi connectivity index (χ0v) is 14.4. The molecule has 1 aromatic rings. The molecule has 0 bridgehead atoms. The second-order valence-electron chi connectivity index (χ2n) is 7.43. The molecule has 0 aliphatic carbocycles. The van der Waals surface area contributed by atoms with E-state index in [0.29, 0.717) is 0 Å². The number of nitrogens with zero attached hydrogens (tertiary/aromatic N) is 2. The molecule has 0 unspecified atom stereocenters. The van der Waals surface area contributed by atoms with Crippen molar-refractivity contribution in [3.8, 4) is 0 Å². The van der Waals surface area contributed by atoms with E-state index in [9.17, 15) is 14.4 Å². The SMILES string of the molecule is CC(C)CN1C(=O)C(=O)N(Cc2ccc(C(C)(C)C)cc2)C1=O. The van der Waals surface area contributed by atoms with Crippen LogP contribution in [-0.4, -0.2) is 34.2 Å². The standard InChI is InChI=1S/C18H24N2O3/c1-12(2)10-19-15(21)16(22)20(17(19)23)11-13-6-8-14(9-7-13)18(3,4)5/h6-9,12H,10-11H2,1-5H3. The number of rotatable bonds is 4. The van der Waals surface area contributed by atoms with Crippen LogP contribution in [0.25, 0.3) is 0 Å². The van der Waals surface area contributed by atoms with Crippen LogP contribution in [0.2, 0.25) is 0 Å². The molecule has 0 N–H and O–H groups in total. The number of urea groups is 1. The lowest BCUT2D eigenvalue weighted by atomic mass is 9.87. The predicted molar refractivity (Wildman–Crippen MR) is 87.6 cm³/mol. The van der Waals surface area contributed by atoms with E-state index >= 15 is 0 Å². The summed E-state index contributed by atoms with van der Waals surface area (Å²) in [6.45, 7) is 10.6. The molecule has 1 fully saturated rings. The largest absolute Gasteiger partial charge is 0.334 e. The summed E-state index contributed by atoms with van der Waals surface area (Å²) in [5.74, 6) is -1.34. The van der Waals surface area contributed by atoms with Gasteiger partial charge in [0.15, 0.2) is 0 Å². The molecule has 1 heterocycles. The highest BCUT2D eigenvalue weighted by atomic mass is 16.2. The molecule has 1 saturated heterocycles. The summed E-state index contributed by atoms with van der Waals surface area (Å²) in [6.07, 6.45) is 0. The van der Waals surface area contributed by atoms with Crippen LogP contribution in [0.1, 0.15) is 45.7 Å². The van der Waals surface area contributed by atoms with Gasteiger partial charge in [0.25, 0.3) is 0 Å². The van der Waals surface area contributed by atoms with Gasteiger partial charge in [-0.1, -0.05) is 58.9 Å². The average Bonchev–Trinajstić information content (AvgIpc) is 2.64. The van der Waals surface area contributed by atoms with Crippen molar-refractivity contribution >= 4 is 17.8 Å². The van der Waals surface area contributed by atoms with E-state index in [1.807, 2.05) is 38.1 Å². The first-order chi connectivity index (χ1) is 10.6. The van der Waals surface area contributed by atoms with Gasteiger partial charge in [0, 0.05) is 6.54 Å². The Morgan fingerprint density at radius 1 is 0.913 bits per heavy atom. The number of carbonyl (C=O) groups excluding carboxylic acids is 3. The van der Waals surface area contributed by atoms with Crippen LogP contribution in [-0.2, 0) is 21.5 Å². The van der Waals surface area contributed by atoms with Crippen LogP contribution in [0.5, 0.6) is 0 Å². The highest BCUT2D eigenvalue weighted by Crippen LogP contribution is 2.23. The summed E-state index contributed by atoms with van der Waals surface area (Å²) in [5, 5.41) is 0. The molecule has 0 spiro atoms. The lowest BCUT2D eigenvalue weighted by molar-refractivity contribution is -0.143. The minimum Gasteiger partial charge on any atom is -0.263 e. The molecule has 23 heavy (non-hydrogen) atoms. The fraction of sp³-hybridized carbons (Fsp3) is 0.500. The van der Waals surface area contributed by atoms with Crippen molar-refractivity contribution in [3.63, 3.8) is 0 Å². The Labute approximate surface area is 137 Å². The molecule has 5 heteroatoms. The van der Waals surface area contributed by atoms with E-state index in [1.165, 1.54) is 5.56 Å². The first kappa shape index (κ1) is 17.2. The number of hydrogen-bond acceptors (Lipinski definition) is 3. The molecule has 124 valence electrons. The van der Waals surface area contributed by atoms with Crippen molar-refractivity contribution in [2.45, 2.75) is 46.6 Å². The summed E-state index contributed by atoms with van der Waals surface area (Å²) in [4.78, 5) is 38.4. The molecule has 0 aromatic heterocycles. The molecule has 4 amide bonds. The van der Waals surface area contributed by atoms with Gasteiger partial charge in [0.1, 0.15) is 0 Å². The van der Waals surface area contributed by atoms with Gasteiger partial charge >= 0.3 is 17.8 Å². The molecule has 0 radical (unpaired) electrons. The lowest BCUT2D eigenvalue weighted by Crippen LogP contribution is -2.35. The van der Waals surface area contributed by atoms with E-state index < -0.39 is 17.8 Å². The van der Waals surface area contributed by atoms with Crippen LogP contribution >= 0.6 is 0 Å². The van der Waals surface area contributed by atoms with Crippen molar-refractivity contribution in [2.75, 3.05) is 6.54 Å². The Kier molecular flexibility index (Phi) is 4.59. The molecular weight excluding hydrogens is 292 g/mol. The Morgan fingerprint density at radius 2 is 1.43 bits per heavy atom. The molecule has 1 aliphatic heterocycles. The maximum atomic E-state index is 12.3. The molecular formula is C18H24N2O3. The van der Waals surface area contributed by atoms with E-state index in [4.69, 9.17) is 0 Å². The van der Waals surface area contributed by atoms with Crippen LogP contribution < -0.4 is 0 Å². The first-order valence-electron chi connectivity index (χ1n) is 7.88. The fourth-order valence-electron chi connectivity index (χ4n) is 2.51. The van der Waals surface area contributed by atoms with Gasteiger partial charge in [-0.15, -0.1) is 0 Å². The number of benzene rings is 1. The van der Waals surface area contributed by atoms with Crippen molar-refractivity contribution < 1.29 is 14.4 Å². The van der Waals surface area contributed by atoms with Gasteiger partial charge in [0.05, 0.1) is 6.54 Å². The van der Waals surface area contributed by atoms with E-state index in [2.05, 4.69) is 20.8 Å². The number of hydrogen-bond donors (Lipinski definition) is 0. The zero-order valence-electron chi connectivity index (χ0n) is 14.4. The summed E-state index contributed by atoms with van der Waals surface area (Å²) in [5.41, 5.74) is 2.05. The third kappa shape index (κ3) is 3.60. The Balaban J connectivity index is 2.15. The Bertz CT molecular complexity index is 627. The zero-order chi connectivity index (χ0) is 17.4. The van der Waals surface area contributed by atoms with E-state index in [-0.39, 0.29) is 24.4 Å². The second-order valence-corrected chi connectivity index (χ2v) is 7.43.